The molecule has 4 heterocycles. The molecule has 0 bridgehead atoms. The number of amides is 1. The number of nitrogens with two attached hydrogens (primary N) is 1. The topological polar surface area (TPSA) is 98.6 Å². The Morgan fingerprint density at radius 2 is 1.84 bits per heavy atom. The number of piperidine rings is 2. The van der Waals surface area contributed by atoms with E-state index in [9.17, 15) is 14.0 Å². The van der Waals surface area contributed by atoms with Gasteiger partial charge in [-0.15, -0.1) is 0 Å². The van der Waals surface area contributed by atoms with Gasteiger partial charge in [0.05, 0.1) is 24.2 Å². The molecule has 2 aliphatic rings. The number of carbonyl (C=O) groups is 1. The standard InChI is InChI=1S/C28H37FN6O3/c1-19(21-5-10-31-26(30)17-21)32-11-6-20(7-12-32)27(36)33-13-8-23(9-14-33)35-24-4-3-22(29)18-25(24)34(28(35)37)15-16-38-2/h3-5,10,17-20,23H,6-9,11-16H2,1-2H3,(H2,30,31). The number of halogens is 1. The number of fused-ring (bicyclic) bond motifs is 1. The Balaban J connectivity index is 1.21. The monoisotopic (exact) mass is 524 g/mol. The van der Waals surface area contributed by atoms with E-state index >= 15 is 0 Å². The summed E-state index contributed by atoms with van der Waals surface area (Å²) in [4.78, 5) is 35.2. The van der Waals surface area contributed by atoms with Gasteiger partial charge in [-0.25, -0.2) is 14.2 Å². The molecule has 0 saturated carbocycles. The fourth-order valence-corrected chi connectivity index (χ4v) is 6.08. The highest BCUT2D eigenvalue weighted by Crippen LogP contribution is 2.31. The quantitative estimate of drug-likeness (QED) is 0.510. The van der Waals surface area contributed by atoms with E-state index < -0.39 is 0 Å². The minimum Gasteiger partial charge on any atom is -0.384 e. The summed E-state index contributed by atoms with van der Waals surface area (Å²) in [6.07, 6.45) is 4.81. The summed E-state index contributed by atoms with van der Waals surface area (Å²) >= 11 is 0. The fourth-order valence-electron chi connectivity index (χ4n) is 6.08. The Kier molecular flexibility index (Phi) is 7.80. The molecule has 0 spiro atoms. The molecule has 38 heavy (non-hydrogen) atoms. The number of benzene rings is 1. The maximum Gasteiger partial charge on any atom is 0.329 e. The van der Waals surface area contributed by atoms with Gasteiger partial charge >= 0.3 is 5.69 Å². The lowest BCUT2D eigenvalue weighted by Gasteiger charge is -2.39. The number of anilines is 1. The molecule has 204 valence electrons. The molecule has 9 nitrogen and oxygen atoms in total. The summed E-state index contributed by atoms with van der Waals surface area (Å²) < 4.78 is 22.5. The molecule has 2 aliphatic heterocycles. The second-order valence-electron chi connectivity index (χ2n) is 10.5. The zero-order valence-corrected chi connectivity index (χ0v) is 22.2. The second-order valence-corrected chi connectivity index (χ2v) is 10.5. The number of likely N-dealkylation sites (tertiary alicyclic amines) is 2. The molecule has 2 saturated heterocycles. The molecule has 1 amide bonds. The number of pyridine rings is 1. The zero-order valence-electron chi connectivity index (χ0n) is 22.2. The molecular formula is C28H37FN6O3. The Bertz CT molecular complexity index is 1340. The van der Waals surface area contributed by atoms with E-state index in [2.05, 4.69) is 16.8 Å². The molecule has 1 unspecified atom stereocenters. The van der Waals surface area contributed by atoms with Crippen LogP contribution in [0.5, 0.6) is 0 Å². The van der Waals surface area contributed by atoms with Crippen LogP contribution in [0.3, 0.4) is 0 Å². The zero-order chi connectivity index (χ0) is 26.8. The van der Waals surface area contributed by atoms with Crippen LogP contribution in [0, 0.1) is 11.7 Å². The predicted octanol–water partition coefficient (Wildman–Crippen LogP) is 3.20. The summed E-state index contributed by atoms with van der Waals surface area (Å²) in [6.45, 7) is 5.88. The van der Waals surface area contributed by atoms with Crippen LogP contribution < -0.4 is 11.4 Å². The highest BCUT2D eigenvalue weighted by atomic mass is 19.1. The molecule has 5 rings (SSSR count). The van der Waals surface area contributed by atoms with Gasteiger partial charge < -0.3 is 15.4 Å². The van der Waals surface area contributed by atoms with Crippen molar-refractivity contribution in [3.05, 3.63) is 58.4 Å². The van der Waals surface area contributed by atoms with E-state index in [0.29, 0.717) is 50.4 Å². The largest absolute Gasteiger partial charge is 0.384 e. The van der Waals surface area contributed by atoms with Crippen molar-refractivity contribution in [3.63, 3.8) is 0 Å². The minimum absolute atomic E-state index is 0.0270. The number of imidazole rings is 1. The van der Waals surface area contributed by atoms with Crippen molar-refractivity contribution >= 4 is 22.8 Å². The summed E-state index contributed by atoms with van der Waals surface area (Å²) in [5, 5.41) is 0. The van der Waals surface area contributed by atoms with Gasteiger partial charge in [-0.3, -0.25) is 18.8 Å². The molecule has 10 heteroatoms. The lowest BCUT2D eigenvalue weighted by molar-refractivity contribution is -0.138. The van der Waals surface area contributed by atoms with E-state index in [1.54, 1.807) is 28.5 Å². The Hall–Kier alpha value is -3.24. The number of ether oxygens (including phenoxy) is 1. The second kappa shape index (κ2) is 11.2. The van der Waals surface area contributed by atoms with Gasteiger partial charge in [0.25, 0.3) is 0 Å². The van der Waals surface area contributed by atoms with Crippen molar-refractivity contribution in [1.29, 1.82) is 0 Å². The Morgan fingerprint density at radius 1 is 1.11 bits per heavy atom. The molecule has 0 radical (unpaired) electrons. The first-order valence-corrected chi connectivity index (χ1v) is 13.5. The van der Waals surface area contributed by atoms with E-state index in [0.717, 1.165) is 37.0 Å². The van der Waals surface area contributed by atoms with Crippen molar-refractivity contribution in [1.82, 2.24) is 23.9 Å². The van der Waals surface area contributed by atoms with E-state index in [-0.39, 0.29) is 35.4 Å². The Morgan fingerprint density at radius 3 is 2.53 bits per heavy atom. The van der Waals surface area contributed by atoms with Gasteiger partial charge in [0.2, 0.25) is 5.91 Å². The summed E-state index contributed by atoms with van der Waals surface area (Å²) in [5.74, 6) is 0.406. The molecule has 2 aromatic heterocycles. The lowest BCUT2D eigenvalue weighted by Crippen LogP contribution is -2.46. The molecule has 3 aromatic rings. The highest BCUT2D eigenvalue weighted by Gasteiger charge is 2.33. The van der Waals surface area contributed by atoms with Gasteiger partial charge in [-0.05, 0) is 81.6 Å². The van der Waals surface area contributed by atoms with E-state index in [1.807, 2.05) is 17.0 Å². The van der Waals surface area contributed by atoms with Gasteiger partial charge in [0.1, 0.15) is 11.6 Å². The number of aromatic nitrogens is 3. The smallest absolute Gasteiger partial charge is 0.329 e. The van der Waals surface area contributed by atoms with E-state index in [1.165, 1.54) is 12.1 Å². The number of rotatable bonds is 7. The van der Waals surface area contributed by atoms with Crippen LogP contribution in [0.1, 0.15) is 50.3 Å². The molecule has 2 fully saturated rings. The summed E-state index contributed by atoms with van der Waals surface area (Å²) in [6, 6.07) is 8.61. The van der Waals surface area contributed by atoms with Gasteiger partial charge in [-0.2, -0.15) is 0 Å². The van der Waals surface area contributed by atoms with Crippen LogP contribution in [-0.4, -0.2) is 69.7 Å². The maximum absolute atomic E-state index is 14.0. The number of methoxy groups -OCH3 is 1. The number of hydrogen-bond donors (Lipinski definition) is 1. The van der Waals surface area contributed by atoms with Crippen LogP contribution >= 0.6 is 0 Å². The average molecular weight is 525 g/mol. The van der Waals surface area contributed by atoms with Crippen LogP contribution in [0.25, 0.3) is 11.0 Å². The first kappa shape index (κ1) is 26.4. The highest BCUT2D eigenvalue weighted by molar-refractivity contribution is 5.79. The van der Waals surface area contributed by atoms with Crippen LogP contribution in [0.15, 0.2) is 41.3 Å². The molecule has 1 aromatic carbocycles. The van der Waals surface area contributed by atoms with Gasteiger partial charge in [0, 0.05) is 44.4 Å². The molecular weight excluding hydrogens is 487 g/mol. The first-order chi connectivity index (χ1) is 18.4. The molecule has 1 atom stereocenters. The lowest BCUT2D eigenvalue weighted by atomic mass is 9.92. The third kappa shape index (κ3) is 5.19. The van der Waals surface area contributed by atoms with Crippen LogP contribution in [0.2, 0.25) is 0 Å². The van der Waals surface area contributed by atoms with Crippen molar-refractivity contribution in [2.45, 2.75) is 51.2 Å². The minimum atomic E-state index is -0.369. The first-order valence-electron chi connectivity index (χ1n) is 13.5. The predicted molar refractivity (Wildman–Crippen MR) is 144 cm³/mol. The summed E-state index contributed by atoms with van der Waals surface area (Å²) in [5.41, 5.74) is 8.17. The van der Waals surface area contributed by atoms with Gasteiger partial charge in [0.15, 0.2) is 0 Å². The SMILES string of the molecule is COCCn1c(=O)n(C2CCN(C(=O)C3CCN(C(C)c4ccnc(N)c4)CC3)CC2)c2ccc(F)cc21. The van der Waals surface area contributed by atoms with Crippen molar-refractivity contribution in [2.75, 3.05) is 45.6 Å². The third-order valence-corrected chi connectivity index (χ3v) is 8.30. The average Bonchev–Trinajstić information content (AvgIpc) is 3.21. The fraction of sp³-hybridized carbons (Fsp3) is 0.536. The van der Waals surface area contributed by atoms with Crippen LogP contribution in [0.4, 0.5) is 10.2 Å². The van der Waals surface area contributed by atoms with E-state index in [4.69, 9.17) is 10.5 Å². The normalized spacial score (nSPS) is 18.8. The number of carbonyl (C=O) groups excluding carboxylic acids is 1. The number of nitrogen functional groups attached to an aromatic ring is 1. The maximum atomic E-state index is 14.0. The van der Waals surface area contributed by atoms with Gasteiger partial charge in [-0.1, -0.05) is 0 Å². The summed E-state index contributed by atoms with van der Waals surface area (Å²) in [7, 11) is 1.58. The Labute approximate surface area is 222 Å². The number of nitrogens with zero attached hydrogens (tertiary/aromatic N) is 5. The van der Waals surface area contributed by atoms with Crippen molar-refractivity contribution in [2.24, 2.45) is 5.92 Å². The van der Waals surface area contributed by atoms with Crippen LogP contribution in [-0.2, 0) is 16.1 Å². The molecule has 0 aliphatic carbocycles. The van der Waals surface area contributed by atoms with Crippen molar-refractivity contribution in [3.8, 4) is 0 Å². The number of hydrogen-bond acceptors (Lipinski definition) is 6. The van der Waals surface area contributed by atoms with Crippen molar-refractivity contribution < 1.29 is 13.9 Å². The molecule has 2 N–H and O–H groups in total. The third-order valence-electron chi connectivity index (χ3n) is 8.30.